The van der Waals surface area contributed by atoms with E-state index < -0.39 is 10.0 Å². The molecule has 0 bridgehead atoms. The van der Waals surface area contributed by atoms with Gasteiger partial charge < -0.3 is 5.73 Å². The fourth-order valence-electron chi connectivity index (χ4n) is 2.46. The van der Waals surface area contributed by atoms with Crippen LogP contribution in [0.5, 0.6) is 0 Å². The van der Waals surface area contributed by atoms with Crippen molar-refractivity contribution in [2.24, 2.45) is 11.7 Å². The summed E-state index contributed by atoms with van der Waals surface area (Å²) in [5, 5.41) is 0. The SMILES string of the molecule is Cc1sc(Br)cc1S(=O)(=O)N1CCC(CC(N)=O)CC1. The average molecular weight is 381 g/mol. The second kappa shape index (κ2) is 6.13. The van der Waals surface area contributed by atoms with Crippen LogP contribution in [0.4, 0.5) is 0 Å². The first-order valence-electron chi connectivity index (χ1n) is 6.35. The average Bonchev–Trinajstić information content (AvgIpc) is 2.69. The van der Waals surface area contributed by atoms with Crippen LogP contribution < -0.4 is 5.73 Å². The van der Waals surface area contributed by atoms with E-state index in [1.807, 2.05) is 6.92 Å². The normalized spacial score (nSPS) is 18.3. The van der Waals surface area contributed by atoms with Crippen molar-refractivity contribution in [1.29, 1.82) is 0 Å². The van der Waals surface area contributed by atoms with Gasteiger partial charge in [-0.3, -0.25) is 4.79 Å². The third kappa shape index (κ3) is 3.41. The van der Waals surface area contributed by atoms with Crippen LogP contribution in [0.1, 0.15) is 24.1 Å². The van der Waals surface area contributed by atoms with Crippen molar-refractivity contribution in [1.82, 2.24) is 4.31 Å². The second-order valence-corrected chi connectivity index (χ2v) is 9.53. The summed E-state index contributed by atoms with van der Waals surface area (Å²) in [5.74, 6) is -0.113. The summed E-state index contributed by atoms with van der Waals surface area (Å²) >= 11 is 4.74. The van der Waals surface area contributed by atoms with Gasteiger partial charge in [-0.2, -0.15) is 4.31 Å². The van der Waals surface area contributed by atoms with Gasteiger partial charge in [0, 0.05) is 24.4 Å². The van der Waals surface area contributed by atoms with Gasteiger partial charge in [0.25, 0.3) is 0 Å². The van der Waals surface area contributed by atoms with Gasteiger partial charge in [-0.15, -0.1) is 11.3 Å². The Balaban J connectivity index is 2.10. The van der Waals surface area contributed by atoms with Gasteiger partial charge in [-0.05, 0) is 47.7 Å². The molecular formula is C12H17BrN2O3S2. The molecule has 0 radical (unpaired) electrons. The number of aryl methyl sites for hydroxylation is 1. The maximum atomic E-state index is 12.6. The number of rotatable bonds is 4. The summed E-state index contributed by atoms with van der Waals surface area (Å²) in [6.45, 7) is 2.71. The molecule has 0 aliphatic carbocycles. The maximum Gasteiger partial charge on any atom is 0.244 e. The lowest BCUT2D eigenvalue weighted by Crippen LogP contribution is -2.39. The molecule has 0 unspecified atom stereocenters. The molecule has 1 fully saturated rings. The number of thiophene rings is 1. The molecule has 0 spiro atoms. The number of hydrogen-bond donors (Lipinski definition) is 1. The summed E-state index contributed by atoms with van der Waals surface area (Å²) in [6, 6.07) is 1.66. The Labute approximate surface area is 131 Å². The van der Waals surface area contributed by atoms with E-state index in [-0.39, 0.29) is 11.8 Å². The van der Waals surface area contributed by atoms with Crippen molar-refractivity contribution in [2.75, 3.05) is 13.1 Å². The van der Waals surface area contributed by atoms with Crippen LogP contribution in [0.25, 0.3) is 0 Å². The first-order chi connectivity index (χ1) is 9.30. The highest BCUT2D eigenvalue weighted by Gasteiger charge is 2.31. The van der Waals surface area contributed by atoms with E-state index in [9.17, 15) is 13.2 Å². The van der Waals surface area contributed by atoms with Gasteiger partial charge in [0.15, 0.2) is 0 Å². The summed E-state index contributed by atoms with van der Waals surface area (Å²) in [6.07, 6.45) is 1.72. The predicted octanol–water partition coefficient (Wildman–Crippen LogP) is 2.10. The number of amides is 1. The number of nitrogens with two attached hydrogens (primary N) is 1. The standard InChI is InChI=1S/C12H17BrN2O3S2/c1-8-10(7-11(13)19-8)20(17,18)15-4-2-9(3-5-15)6-12(14)16/h7,9H,2-6H2,1H3,(H2,14,16). The lowest BCUT2D eigenvalue weighted by Gasteiger charge is -2.30. The molecule has 1 aliphatic rings. The van der Waals surface area contributed by atoms with E-state index in [0.29, 0.717) is 37.2 Å². The van der Waals surface area contributed by atoms with Crippen LogP contribution in [0, 0.1) is 12.8 Å². The predicted molar refractivity (Wildman–Crippen MR) is 82.1 cm³/mol. The fourth-order valence-corrected chi connectivity index (χ4v) is 6.32. The Hall–Kier alpha value is -0.440. The maximum absolute atomic E-state index is 12.6. The molecule has 1 amide bonds. The first kappa shape index (κ1) is 15.9. The highest BCUT2D eigenvalue weighted by molar-refractivity contribution is 9.11. The summed E-state index contributed by atoms with van der Waals surface area (Å²) < 4.78 is 27.5. The van der Waals surface area contributed by atoms with E-state index in [2.05, 4.69) is 15.9 Å². The van der Waals surface area contributed by atoms with E-state index >= 15 is 0 Å². The van der Waals surface area contributed by atoms with Gasteiger partial charge in [-0.1, -0.05) is 0 Å². The van der Waals surface area contributed by atoms with Crippen molar-refractivity contribution in [3.63, 3.8) is 0 Å². The second-order valence-electron chi connectivity index (χ2n) is 4.99. The van der Waals surface area contributed by atoms with Crippen LogP contribution in [-0.4, -0.2) is 31.7 Å². The molecule has 112 valence electrons. The Morgan fingerprint density at radius 2 is 2.10 bits per heavy atom. The van der Waals surface area contributed by atoms with Gasteiger partial charge in [0.05, 0.1) is 8.68 Å². The molecule has 5 nitrogen and oxygen atoms in total. The van der Waals surface area contributed by atoms with Crippen LogP contribution in [0.15, 0.2) is 14.7 Å². The molecule has 2 rings (SSSR count). The Morgan fingerprint density at radius 3 is 2.55 bits per heavy atom. The third-order valence-corrected chi connectivity index (χ3v) is 7.23. The van der Waals surface area contributed by atoms with E-state index in [1.54, 1.807) is 6.07 Å². The highest BCUT2D eigenvalue weighted by Crippen LogP contribution is 2.33. The molecule has 2 N–H and O–H groups in total. The fraction of sp³-hybridized carbons (Fsp3) is 0.583. The number of halogens is 1. The minimum absolute atomic E-state index is 0.203. The highest BCUT2D eigenvalue weighted by atomic mass is 79.9. The Morgan fingerprint density at radius 1 is 1.50 bits per heavy atom. The zero-order valence-electron chi connectivity index (χ0n) is 11.1. The lowest BCUT2D eigenvalue weighted by molar-refractivity contribution is -0.119. The smallest absolute Gasteiger partial charge is 0.244 e. The Bertz CT molecular complexity index is 604. The number of hydrogen-bond acceptors (Lipinski definition) is 4. The first-order valence-corrected chi connectivity index (χ1v) is 9.40. The number of carbonyl (C=O) groups excluding carboxylic acids is 1. The van der Waals surface area contributed by atoms with E-state index in [0.717, 1.165) is 8.66 Å². The summed E-state index contributed by atoms with van der Waals surface area (Å²) in [4.78, 5) is 12.1. The molecule has 1 aliphatic heterocycles. The molecule has 2 heterocycles. The number of piperidine rings is 1. The van der Waals surface area contributed by atoms with Crippen LogP contribution in [0.2, 0.25) is 0 Å². The largest absolute Gasteiger partial charge is 0.370 e. The molecule has 0 aromatic carbocycles. The zero-order chi connectivity index (χ0) is 14.9. The molecular weight excluding hydrogens is 364 g/mol. The minimum atomic E-state index is -3.43. The Kier molecular flexibility index (Phi) is 4.88. The molecule has 0 saturated carbocycles. The van der Waals surface area contributed by atoms with Gasteiger partial charge in [-0.25, -0.2) is 8.42 Å². The minimum Gasteiger partial charge on any atom is -0.370 e. The molecule has 1 aromatic heterocycles. The van der Waals surface area contributed by atoms with Crippen LogP contribution in [0.3, 0.4) is 0 Å². The third-order valence-electron chi connectivity index (χ3n) is 3.52. The van der Waals surface area contributed by atoms with Crippen molar-refractivity contribution in [2.45, 2.75) is 31.1 Å². The van der Waals surface area contributed by atoms with E-state index in [4.69, 9.17) is 5.73 Å². The monoisotopic (exact) mass is 380 g/mol. The number of primary amides is 1. The summed E-state index contributed by atoms with van der Waals surface area (Å²) in [5.41, 5.74) is 5.18. The zero-order valence-corrected chi connectivity index (χ0v) is 14.4. The van der Waals surface area contributed by atoms with Gasteiger partial charge >= 0.3 is 0 Å². The molecule has 20 heavy (non-hydrogen) atoms. The number of nitrogens with zero attached hydrogens (tertiary/aromatic N) is 1. The van der Waals surface area contributed by atoms with Gasteiger partial charge in [0.2, 0.25) is 15.9 Å². The molecule has 1 saturated heterocycles. The van der Waals surface area contributed by atoms with Crippen LogP contribution in [-0.2, 0) is 14.8 Å². The van der Waals surface area contributed by atoms with Crippen molar-refractivity contribution >= 4 is 43.2 Å². The topological polar surface area (TPSA) is 80.5 Å². The van der Waals surface area contributed by atoms with E-state index in [1.165, 1.54) is 15.6 Å². The number of carbonyl (C=O) groups is 1. The van der Waals surface area contributed by atoms with Gasteiger partial charge in [0.1, 0.15) is 0 Å². The number of sulfonamides is 1. The lowest BCUT2D eigenvalue weighted by atomic mass is 9.94. The van der Waals surface area contributed by atoms with Crippen molar-refractivity contribution < 1.29 is 13.2 Å². The molecule has 8 heteroatoms. The van der Waals surface area contributed by atoms with Crippen LogP contribution >= 0.6 is 27.3 Å². The summed E-state index contributed by atoms with van der Waals surface area (Å²) in [7, 11) is -3.43. The quantitative estimate of drug-likeness (QED) is 0.867. The molecule has 0 atom stereocenters. The van der Waals surface area contributed by atoms with Crippen molar-refractivity contribution in [3.8, 4) is 0 Å². The molecule has 1 aromatic rings. The van der Waals surface area contributed by atoms with Crippen molar-refractivity contribution in [3.05, 3.63) is 14.7 Å².